The van der Waals surface area contributed by atoms with Gasteiger partial charge in [-0.3, -0.25) is 9.59 Å². The van der Waals surface area contributed by atoms with Gasteiger partial charge in [-0.25, -0.2) is 0 Å². The van der Waals surface area contributed by atoms with Crippen molar-refractivity contribution in [2.45, 2.75) is 91.1 Å². The summed E-state index contributed by atoms with van der Waals surface area (Å²) in [6.07, 6.45) is 10.0. The van der Waals surface area contributed by atoms with E-state index in [0.717, 1.165) is 51.4 Å². The van der Waals surface area contributed by atoms with Crippen molar-refractivity contribution in [1.29, 1.82) is 0 Å². The van der Waals surface area contributed by atoms with Crippen LogP contribution < -0.4 is 0 Å². The topological polar surface area (TPSA) is 54.4 Å². The summed E-state index contributed by atoms with van der Waals surface area (Å²) in [7, 11) is 0. The maximum atomic E-state index is 12.9. The molecule has 0 bridgehead atoms. The molecule has 0 radical (unpaired) electrons. The van der Waals surface area contributed by atoms with Gasteiger partial charge in [0.25, 0.3) is 0 Å². The maximum absolute atomic E-state index is 12.9. The molecule has 3 saturated carbocycles. The van der Waals surface area contributed by atoms with Crippen LogP contribution in [0.3, 0.4) is 0 Å². The molecule has 3 heteroatoms. The average molecular weight is 349 g/mol. The van der Waals surface area contributed by atoms with E-state index in [2.05, 4.69) is 13.8 Å². The number of Topliss-reactive ketones (excluding diaryl/α,β-unsaturated/α-hetero) is 2. The Kier molecular flexibility index (Phi) is 5.72. The van der Waals surface area contributed by atoms with Gasteiger partial charge in [-0.15, -0.1) is 0 Å². The van der Waals surface area contributed by atoms with Gasteiger partial charge >= 0.3 is 0 Å². The number of rotatable bonds is 5. The Morgan fingerprint density at radius 2 is 1.96 bits per heavy atom. The van der Waals surface area contributed by atoms with E-state index in [4.69, 9.17) is 0 Å². The van der Waals surface area contributed by atoms with E-state index >= 15 is 0 Å². The monoisotopic (exact) mass is 348 g/mol. The number of aliphatic hydroxyl groups is 1. The molecule has 3 aliphatic carbocycles. The molecule has 25 heavy (non-hydrogen) atoms. The highest BCUT2D eigenvalue weighted by Gasteiger charge is 2.57. The van der Waals surface area contributed by atoms with Gasteiger partial charge in [0.1, 0.15) is 11.6 Å². The number of hydrogen-bond acceptors (Lipinski definition) is 3. The average Bonchev–Trinajstić information content (AvgIpc) is 2.88. The van der Waals surface area contributed by atoms with E-state index in [1.165, 1.54) is 6.42 Å². The van der Waals surface area contributed by atoms with E-state index in [-0.39, 0.29) is 29.1 Å². The van der Waals surface area contributed by atoms with Gasteiger partial charge in [0.2, 0.25) is 0 Å². The standard InChI is InChI=1S/C22H36O3/c1-4-17-18(9-8-15-6-5-7-16(24)12-15)20-11-10-19(14(2)23)22(20,3)13-21(17)25/h15-20,24H,4-13H2,1-3H3/t15-,16+,17+,18+,19?,20-,22+/m0/s1. The van der Waals surface area contributed by atoms with Crippen LogP contribution in [0.25, 0.3) is 0 Å². The zero-order chi connectivity index (χ0) is 18.2. The van der Waals surface area contributed by atoms with Gasteiger partial charge in [-0.1, -0.05) is 33.1 Å². The molecule has 1 unspecified atom stereocenters. The zero-order valence-electron chi connectivity index (χ0n) is 16.3. The van der Waals surface area contributed by atoms with Crippen molar-refractivity contribution in [2.75, 3.05) is 0 Å². The van der Waals surface area contributed by atoms with Crippen LogP contribution in [0.5, 0.6) is 0 Å². The molecule has 0 heterocycles. The quantitative estimate of drug-likeness (QED) is 0.793. The fraction of sp³-hybridized carbons (Fsp3) is 0.909. The summed E-state index contributed by atoms with van der Waals surface area (Å²) < 4.78 is 0. The van der Waals surface area contributed by atoms with Gasteiger partial charge in [-0.05, 0) is 68.6 Å². The Labute approximate surface area is 153 Å². The molecule has 0 saturated heterocycles. The molecule has 0 amide bonds. The van der Waals surface area contributed by atoms with Crippen molar-refractivity contribution < 1.29 is 14.7 Å². The van der Waals surface area contributed by atoms with E-state index in [9.17, 15) is 14.7 Å². The Morgan fingerprint density at radius 1 is 1.20 bits per heavy atom. The molecule has 3 rings (SSSR count). The lowest BCUT2D eigenvalue weighted by Crippen LogP contribution is -2.47. The normalized spacial score (nSPS) is 44.6. The molecule has 3 aliphatic rings. The highest BCUT2D eigenvalue weighted by Crippen LogP contribution is 2.59. The fourth-order valence-electron chi connectivity index (χ4n) is 6.80. The Hall–Kier alpha value is -0.700. The van der Waals surface area contributed by atoms with Crippen LogP contribution >= 0.6 is 0 Å². The van der Waals surface area contributed by atoms with Crippen LogP contribution in [0.1, 0.15) is 85.0 Å². The number of fused-ring (bicyclic) bond motifs is 1. The smallest absolute Gasteiger partial charge is 0.136 e. The van der Waals surface area contributed by atoms with E-state index in [1.807, 2.05) is 0 Å². The number of ketones is 2. The van der Waals surface area contributed by atoms with Crippen molar-refractivity contribution >= 4 is 11.6 Å². The summed E-state index contributed by atoms with van der Waals surface area (Å²) in [5.74, 6) is 2.55. The number of carbonyl (C=O) groups excluding carboxylic acids is 2. The highest BCUT2D eigenvalue weighted by atomic mass is 16.3. The lowest BCUT2D eigenvalue weighted by atomic mass is 9.55. The molecular weight excluding hydrogens is 312 g/mol. The molecule has 142 valence electrons. The minimum atomic E-state index is -0.118. The Balaban J connectivity index is 1.75. The first-order valence-corrected chi connectivity index (χ1v) is 10.6. The maximum Gasteiger partial charge on any atom is 0.136 e. The summed E-state index contributed by atoms with van der Waals surface area (Å²) >= 11 is 0. The van der Waals surface area contributed by atoms with E-state index < -0.39 is 0 Å². The van der Waals surface area contributed by atoms with Crippen LogP contribution in [0.15, 0.2) is 0 Å². The second kappa shape index (κ2) is 7.50. The van der Waals surface area contributed by atoms with Crippen molar-refractivity contribution in [3.63, 3.8) is 0 Å². The predicted octanol–water partition coefficient (Wildman–Crippen LogP) is 4.55. The molecule has 0 aliphatic heterocycles. The largest absolute Gasteiger partial charge is 0.393 e. The summed E-state index contributed by atoms with van der Waals surface area (Å²) in [5, 5.41) is 9.95. The van der Waals surface area contributed by atoms with Gasteiger partial charge in [0.15, 0.2) is 0 Å². The first kappa shape index (κ1) is 19.1. The second-order valence-electron chi connectivity index (χ2n) is 9.44. The predicted molar refractivity (Wildman–Crippen MR) is 99.1 cm³/mol. The number of aliphatic hydroxyl groups excluding tert-OH is 1. The van der Waals surface area contributed by atoms with Gasteiger partial charge < -0.3 is 5.11 Å². The molecule has 1 N–H and O–H groups in total. The minimum Gasteiger partial charge on any atom is -0.393 e. The first-order chi connectivity index (χ1) is 11.9. The fourth-order valence-corrected chi connectivity index (χ4v) is 6.80. The van der Waals surface area contributed by atoms with Crippen molar-refractivity contribution in [2.24, 2.45) is 35.0 Å². The molecule has 3 fully saturated rings. The molecule has 0 aromatic carbocycles. The second-order valence-corrected chi connectivity index (χ2v) is 9.44. The van der Waals surface area contributed by atoms with E-state index in [1.54, 1.807) is 6.92 Å². The zero-order valence-corrected chi connectivity index (χ0v) is 16.3. The number of hydrogen-bond donors (Lipinski definition) is 1. The molecular formula is C22H36O3. The number of carbonyl (C=O) groups is 2. The summed E-state index contributed by atoms with van der Waals surface area (Å²) in [4.78, 5) is 25.1. The van der Waals surface area contributed by atoms with Crippen LogP contribution in [0.2, 0.25) is 0 Å². The SMILES string of the molecule is CC[C@H]1C(=O)C[C@]2(C)C(C(C)=O)CC[C@H]2[C@@H]1CC[C@@H]1CCC[C@@H](O)C1. The van der Waals surface area contributed by atoms with Crippen LogP contribution in [-0.2, 0) is 9.59 Å². The Morgan fingerprint density at radius 3 is 2.60 bits per heavy atom. The van der Waals surface area contributed by atoms with Crippen LogP contribution in [0, 0.1) is 35.0 Å². The molecule has 7 atom stereocenters. The Bertz CT molecular complexity index is 513. The third-order valence-electron chi connectivity index (χ3n) is 8.01. The molecule has 0 spiro atoms. The van der Waals surface area contributed by atoms with Crippen LogP contribution in [-0.4, -0.2) is 22.8 Å². The minimum absolute atomic E-state index is 0.0817. The lowest BCUT2D eigenvalue weighted by molar-refractivity contribution is -0.139. The summed E-state index contributed by atoms with van der Waals surface area (Å²) in [6, 6.07) is 0. The third kappa shape index (κ3) is 3.59. The first-order valence-electron chi connectivity index (χ1n) is 10.6. The van der Waals surface area contributed by atoms with Crippen molar-refractivity contribution in [3.8, 4) is 0 Å². The third-order valence-corrected chi connectivity index (χ3v) is 8.01. The lowest BCUT2D eigenvalue weighted by Gasteiger charge is -2.47. The van der Waals surface area contributed by atoms with Gasteiger partial charge in [0.05, 0.1) is 6.10 Å². The summed E-state index contributed by atoms with van der Waals surface area (Å²) in [6.45, 7) is 6.09. The highest BCUT2D eigenvalue weighted by molar-refractivity contribution is 5.86. The molecule has 0 aromatic rings. The van der Waals surface area contributed by atoms with E-state index in [0.29, 0.717) is 30.0 Å². The molecule has 3 nitrogen and oxygen atoms in total. The van der Waals surface area contributed by atoms with Gasteiger partial charge in [-0.2, -0.15) is 0 Å². The molecule has 0 aromatic heterocycles. The summed E-state index contributed by atoms with van der Waals surface area (Å²) in [5.41, 5.74) is -0.106. The van der Waals surface area contributed by atoms with Crippen molar-refractivity contribution in [1.82, 2.24) is 0 Å². The van der Waals surface area contributed by atoms with Gasteiger partial charge in [0, 0.05) is 18.3 Å². The van der Waals surface area contributed by atoms with Crippen LogP contribution in [0.4, 0.5) is 0 Å². The van der Waals surface area contributed by atoms with Crippen molar-refractivity contribution in [3.05, 3.63) is 0 Å².